The molecule has 0 saturated carbocycles. The van der Waals surface area contributed by atoms with Gasteiger partial charge in [-0.15, -0.1) is 0 Å². The molecule has 3 nitrogen and oxygen atoms in total. The van der Waals surface area contributed by atoms with Crippen LogP contribution in [0.1, 0.15) is 19.8 Å². The molecule has 0 aliphatic rings. The van der Waals surface area contributed by atoms with Crippen molar-refractivity contribution in [2.45, 2.75) is 19.8 Å². The van der Waals surface area contributed by atoms with Crippen LogP contribution in [0.4, 0.5) is 0 Å². The van der Waals surface area contributed by atoms with Crippen LogP contribution in [0.15, 0.2) is 0 Å². The van der Waals surface area contributed by atoms with Crippen molar-refractivity contribution in [3.63, 3.8) is 0 Å². The van der Waals surface area contributed by atoms with Gasteiger partial charge in [0.25, 0.3) is 0 Å². The molecule has 0 saturated heterocycles. The van der Waals surface area contributed by atoms with E-state index in [1.807, 2.05) is 12.1 Å². The van der Waals surface area contributed by atoms with Gasteiger partial charge in [-0.25, -0.2) is 0 Å². The Bertz CT molecular complexity index is 96.5. The van der Waals surface area contributed by atoms with E-state index in [4.69, 9.17) is 4.84 Å². The molecule has 3 heteroatoms. The predicted molar refractivity (Wildman–Crippen MR) is 52.0 cm³/mol. The van der Waals surface area contributed by atoms with Gasteiger partial charge in [-0.1, -0.05) is 6.92 Å². The van der Waals surface area contributed by atoms with Crippen LogP contribution >= 0.6 is 0 Å². The summed E-state index contributed by atoms with van der Waals surface area (Å²) in [6, 6.07) is 0. The minimum atomic E-state index is 0.828. The third kappa shape index (κ3) is 7.98. The molecule has 0 aromatic carbocycles. The molecule has 0 fully saturated rings. The Kier molecular flexibility index (Phi) is 7.45. The summed E-state index contributed by atoms with van der Waals surface area (Å²) < 4.78 is 0. The quantitative estimate of drug-likeness (QED) is 0.426. The molecule has 0 rings (SSSR count). The van der Waals surface area contributed by atoms with E-state index < -0.39 is 0 Å². The van der Waals surface area contributed by atoms with E-state index in [0.29, 0.717) is 0 Å². The van der Waals surface area contributed by atoms with Crippen molar-refractivity contribution in [2.24, 2.45) is 0 Å². The zero-order valence-electron chi connectivity index (χ0n) is 8.84. The molecule has 0 N–H and O–H groups in total. The molecular formula is C9H22N2O. The Hall–Kier alpha value is -0.120. The van der Waals surface area contributed by atoms with Gasteiger partial charge in [0, 0.05) is 13.6 Å². The fourth-order valence-electron chi connectivity index (χ4n) is 0.981. The first-order valence-corrected chi connectivity index (χ1v) is 4.65. The van der Waals surface area contributed by atoms with Crippen molar-refractivity contribution < 1.29 is 4.84 Å². The molecule has 0 bridgehead atoms. The van der Waals surface area contributed by atoms with Gasteiger partial charge in [0.2, 0.25) is 0 Å². The molecule has 0 aromatic heterocycles. The summed E-state index contributed by atoms with van der Waals surface area (Å²) in [6.07, 6.45) is 2.24. The zero-order chi connectivity index (χ0) is 9.40. The summed E-state index contributed by atoms with van der Waals surface area (Å²) in [5, 5.41) is 1.91. The Labute approximate surface area is 76.2 Å². The van der Waals surface area contributed by atoms with E-state index in [9.17, 15) is 0 Å². The van der Waals surface area contributed by atoms with Crippen LogP contribution in [0.5, 0.6) is 0 Å². The second-order valence-corrected chi connectivity index (χ2v) is 3.34. The van der Waals surface area contributed by atoms with Crippen molar-refractivity contribution in [1.29, 1.82) is 0 Å². The van der Waals surface area contributed by atoms with E-state index >= 15 is 0 Å². The van der Waals surface area contributed by atoms with Gasteiger partial charge in [-0.05, 0) is 33.5 Å². The first-order chi connectivity index (χ1) is 5.66. The van der Waals surface area contributed by atoms with Crippen LogP contribution in [0.3, 0.4) is 0 Å². The van der Waals surface area contributed by atoms with Crippen molar-refractivity contribution in [3.8, 4) is 0 Å². The maximum Gasteiger partial charge on any atom is 0.0697 e. The van der Waals surface area contributed by atoms with E-state index in [2.05, 4.69) is 25.9 Å². The maximum atomic E-state index is 5.44. The molecule has 0 atom stereocenters. The lowest BCUT2D eigenvalue weighted by atomic mass is 10.4. The normalized spacial score (nSPS) is 11.5. The SMILES string of the molecule is CCCN(C)OCCCN(C)C. The fourth-order valence-corrected chi connectivity index (χ4v) is 0.981. The second-order valence-electron chi connectivity index (χ2n) is 3.34. The summed E-state index contributed by atoms with van der Waals surface area (Å²) in [5.74, 6) is 0. The fraction of sp³-hybridized carbons (Fsp3) is 1.00. The van der Waals surface area contributed by atoms with Gasteiger partial charge in [0.1, 0.15) is 0 Å². The molecule has 0 unspecified atom stereocenters. The average molecular weight is 174 g/mol. The summed E-state index contributed by atoms with van der Waals surface area (Å²) in [7, 11) is 6.14. The van der Waals surface area contributed by atoms with E-state index in [-0.39, 0.29) is 0 Å². The van der Waals surface area contributed by atoms with Crippen molar-refractivity contribution in [3.05, 3.63) is 0 Å². The standard InChI is InChI=1S/C9H22N2O/c1-5-7-11(4)12-9-6-8-10(2)3/h5-9H2,1-4H3. The Morgan fingerprint density at radius 3 is 2.25 bits per heavy atom. The highest BCUT2D eigenvalue weighted by Crippen LogP contribution is 1.91. The molecule has 0 aliphatic carbocycles. The molecule has 12 heavy (non-hydrogen) atoms. The molecule has 74 valence electrons. The predicted octanol–water partition coefficient (Wildman–Crippen LogP) is 1.21. The average Bonchev–Trinajstić information content (AvgIpc) is 1.98. The Morgan fingerprint density at radius 2 is 1.75 bits per heavy atom. The van der Waals surface area contributed by atoms with Crippen LogP contribution in [0.2, 0.25) is 0 Å². The van der Waals surface area contributed by atoms with Gasteiger partial charge in [-0.2, -0.15) is 5.06 Å². The van der Waals surface area contributed by atoms with Gasteiger partial charge in [0.15, 0.2) is 0 Å². The molecular weight excluding hydrogens is 152 g/mol. The van der Waals surface area contributed by atoms with Crippen LogP contribution in [0, 0.1) is 0 Å². The first kappa shape index (κ1) is 11.9. The lowest BCUT2D eigenvalue weighted by Gasteiger charge is -2.16. The summed E-state index contributed by atoms with van der Waals surface area (Å²) in [5.41, 5.74) is 0. The molecule has 0 radical (unpaired) electrons. The zero-order valence-corrected chi connectivity index (χ0v) is 8.84. The number of rotatable bonds is 7. The summed E-state index contributed by atoms with van der Waals surface area (Å²) in [6.45, 7) is 5.09. The highest BCUT2D eigenvalue weighted by atomic mass is 16.7. The third-order valence-electron chi connectivity index (χ3n) is 1.60. The van der Waals surface area contributed by atoms with Gasteiger partial charge >= 0.3 is 0 Å². The second kappa shape index (κ2) is 7.53. The minimum Gasteiger partial charge on any atom is -0.309 e. The smallest absolute Gasteiger partial charge is 0.0697 e. The highest BCUT2D eigenvalue weighted by molar-refractivity contribution is 4.42. The largest absolute Gasteiger partial charge is 0.309 e. The van der Waals surface area contributed by atoms with E-state index in [1.165, 1.54) is 0 Å². The molecule has 0 aromatic rings. The molecule has 0 amide bonds. The number of hydrogen-bond acceptors (Lipinski definition) is 3. The molecule has 0 spiro atoms. The summed E-state index contributed by atoms with van der Waals surface area (Å²) >= 11 is 0. The molecule has 0 heterocycles. The topological polar surface area (TPSA) is 15.7 Å². The van der Waals surface area contributed by atoms with Crippen molar-refractivity contribution >= 4 is 0 Å². The first-order valence-electron chi connectivity index (χ1n) is 4.65. The maximum absolute atomic E-state index is 5.44. The Morgan fingerprint density at radius 1 is 1.08 bits per heavy atom. The van der Waals surface area contributed by atoms with Crippen molar-refractivity contribution in [2.75, 3.05) is 40.8 Å². The van der Waals surface area contributed by atoms with Crippen molar-refractivity contribution in [1.82, 2.24) is 9.96 Å². The Balaban J connectivity index is 3.08. The highest BCUT2D eigenvalue weighted by Gasteiger charge is 1.96. The minimum absolute atomic E-state index is 0.828. The number of nitrogens with zero attached hydrogens (tertiary/aromatic N) is 2. The van der Waals surface area contributed by atoms with Crippen LogP contribution in [-0.4, -0.2) is 50.8 Å². The van der Waals surface area contributed by atoms with E-state index in [0.717, 1.165) is 32.5 Å². The number of hydrogen-bond donors (Lipinski definition) is 0. The van der Waals surface area contributed by atoms with Gasteiger partial charge < -0.3 is 4.90 Å². The van der Waals surface area contributed by atoms with Gasteiger partial charge in [-0.3, -0.25) is 4.84 Å². The van der Waals surface area contributed by atoms with E-state index in [1.54, 1.807) is 0 Å². The molecule has 0 aliphatic heterocycles. The summed E-state index contributed by atoms with van der Waals surface area (Å²) in [4.78, 5) is 7.61. The lowest BCUT2D eigenvalue weighted by Crippen LogP contribution is -2.22. The van der Waals surface area contributed by atoms with Crippen LogP contribution in [-0.2, 0) is 4.84 Å². The van der Waals surface area contributed by atoms with Gasteiger partial charge in [0.05, 0.1) is 6.61 Å². The van der Waals surface area contributed by atoms with Crippen LogP contribution in [0.25, 0.3) is 0 Å². The third-order valence-corrected chi connectivity index (χ3v) is 1.60. The monoisotopic (exact) mass is 174 g/mol. The van der Waals surface area contributed by atoms with Crippen LogP contribution < -0.4 is 0 Å². The lowest BCUT2D eigenvalue weighted by molar-refractivity contribution is -0.140. The number of hydroxylamine groups is 2.